The third-order valence-electron chi connectivity index (χ3n) is 3.23. The molecule has 0 atom stereocenters. The van der Waals surface area contributed by atoms with Crippen LogP contribution in [0.5, 0.6) is 0 Å². The molecular weight excluding hydrogens is 364 g/mol. The number of nitrogens with zero attached hydrogens (tertiary/aromatic N) is 2. The van der Waals surface area contributed by atoms with Gasteiger partial charge in [-0.2, -0.15) is 5.01 Å². The Bertz CT molecular complexity index is 908. The molecule has 2 amide bonds. The van der Waals surface area contributed by atoms with Gasteiger partial charge in [-0.15, -0.1) is 0 Å². The zero-order valence-corrected chi connectivity index (χ0v) is 14.1. The topological polar surface area (TPSA) is 108 Å². The van der Waals surface area contributed by atoms with Crippen LogP contribution in [0.2, 0.25) is 0 Å². The van der Waals surface area contributed by atoms with Crippen molar-refractivity contribution in [1.82, 2.24) is 15.4 Å². The lowest BCUT2D eigenvalue weighted by atomic mass is 10.2. The Morgan fingerprint density at radius 2 is 2.16 bits per heavy atom. The van der Waals surface area contributed by atoms with Gasteiger partial charge in [0.25, 0.3) is 17.5 Å². The number of nitro groups is 1. The molecule has 8 nitrogen and oxygen atoms in total. The number of benzene rings is 1. The van der Waals surface area contributed by atoms with E-state index in [1.807, 2.05) is 0 Å². The monoisotopic (exact) mass is 374 g/mol. The van der Waals surface area contributed by atoms with Gasteiger partial charge in [-0.25, -0.2) is 0 Å². The fraction of sp³-hybridized carbons (Fsp3) is 0. The van der Waals surface area contributed by atoms with E-state index in [0.717, 1.165) is 28.5 Å². The number of thiocarbonyl (C=S) groups is 1. The summed E-state index contributed by atoms with van der Waals surface area (Å²) in [7, 11) is 0. The number of rotatable bonds is 4. The van der Waals surface area contributed by atoms with Gasteiger partial charge >= 0.3 is 0 Å². The Morgan fingerprint density at radius 3 is 2.84 bits per heavy atom. The molecule has 3 rings (SSSR count). The van der Waals surface area contributed by atoms with Gasteiger partial charge in [0, 0.05) is 29.6 Å². The molecule has 126 valence electrons. The Labute approximate surface area is 151 Å². The molecule has 0 radical (unpaired) electrons. The summed E-state index contributed by atoms with van der Waals surface area (Å²) in [6.45, 7) is 0. The van der Waals surface area contributed by atoms with Crippen LogP contribution in [0.25, 0.3) is 6.08 Å². The highest BCUT2D eigenvalue weighted by molar-refractivity contribution is 8.26. The maximum Gasteiger partial charge on any atom is 0.285 e. The average Bonchev–Trinajstić information content (AvgIpc) is 3.19. The van der Waals surface area contributed by atoms with E-state index >= 15 is 0 Å². The lowest BCUT2D eigenvalue weighted by Gasteiger charge is -2.15. The number of H-pyrrole nitrogens is 1. The number of hydrogen-bond acceptors (Lipinski definition) is 6. The van der Waals surface area contributed by atoms with Gasteiger partial charge in [-0.1, -0.05) is 17.8 Å². The summed E-state index contributed by atoms with van der Waals surface area (Å²) in [5, 5.41) is 11.7. The molecule has 25 heavy (non-hydrogen) atoms. The van der Waals surface area contributed by atoms with Crippen LogP contribution in [-0.4, -0.2) is 31.1 Å². The van der Waals surface area contributed by atoms with Gasteiger partial charge in [0.05, 0.1) is 9.83 Å². The van der Waals surface area contributed by atoms with Crippen molar-refractivity contribution in [2.45, 2.75) is 0 Å². The lowest BCUT2D eigenvalue weighted by Crippen LogP contribution is -2.44. The summed E-state index contributed by atoms with van der Waals surface area (Å²) in [5.41, 5.74) is 2.94. The number of nitro benzene ring substituents is 1. The van der Waals surface area contributed by atoms with Crippen molar-refractivity contribution in [2.24, 2.45) is 0 Å². The van der Waals surface area contributed by atoms with Gasteiger partial charge in [-0.3, -0.25) is 25.1 Å². The van der Waals surface area contributed by atoms with Crippen molar-refractivity contribution < 1.29 is 14.5 Å². The van der Waals surface area contributed by atoms with Crippen LogP contribution < -0.4 is 5.43 Å². The van der Waals surface area contributed by atoms with Crippen LogP contribution in [0.3, 0.4) is 0 Å². The zero-order valence-electron chi connectivity index (χ0n) is 12.5. The highest BCUT2D eigenvalue weighted by Crippen LogP contribution is 2.31. The second kappa shape index (κ2) is 6.87. The Balaban J connectivity index is 1.77. The Kier molecular flexibility index (Phi) is 4.63. The summed E-state index contributed by atoms with van der Waals surface area (Å²) in [6.07, 6.45) is 3.34. The van der Waals surface area contributed by atoms with E-state index in [-0.39, 0.29) is 15.6 Å². The highest BCUT2D eigenvalue weighted by atomic mass is 32.2. The number of carbonyl (C=O) groups is 2. The smallest absolute Gasteiger partial charge is 0.285 e. The third kappa shape index (κ3) is 3.59. The predicted molar refractivity (Wildman–Crippen MR) is 96.4 cm³/mol. The molecule has 0 bridgehead atoms. The first-order chi connectivity index (χ1) is 12.0. The standard InChI is InChI=1S/C15H10N4O4S2/c20-13(9-3-1-5-11(7-9)19(22)23)17-18-14(21)12(25-15(18)24)8-10-4-2-6-16-10/h1-8,16H,(H,17,20)/b12-8+. The molecule has 2 heterocycles. The van der Waals surface area contributed by atoms with Gasteiger partial charge in [0.1, 0.15) is 0 Å². The summed E-state index contributed by atoms with van der Waals surface area (Å²) in [4.78, 5) is 38.2. The summed E-state index contributed by atoms with van der Waals surface area (Å²) >= 11 is 6.17. The molecule has 1 aliphatic heterocycles. The van der Waals surface area contributed by atoms with Crippen LogP contribution in [0.15, 0.2) is 47.5 Å². The van der Waals surface area contributed by atoms with Crippen LogP contribution >= 0.6 is 24.0 Å². The molecule has 10 heteroatoms. The number of aromatic amines is 1. The fourth-order valence-corrected chi connectivity index (χ4v) is 3.24. The number of aromatic nitrogens is 1. The summed E-state index contributed by atoms with van der Waals surface area (Å²) < 4.78 is 0.168. The van der Waals surface area contributed by atoms with Crippen molar-refractivity contribution in [3.05, 3.63) is 68.9 Å². The van der Waals surface area contributed by atoms with Crippen molar-refractivity contribution in [3.63, 3.8) is 0 Å². The number of non-ortho nitro benzene ring substituents is 1. The van der Waals surface area contributed by atoms with Crippen molar-refractivity contribution in [1.29, 1.82) is 0 Å². The van der Waals surface area contributed by atoms with E-state index in [2.05, 4.69) is 10.4 Å². The van der Waals surface area contributed by atoms with Crippen molar-refractivity contribution >= 4 is 51.9 Å². The molecule has 0 aliphatic carbocycles. The molecular formula is C15H10N4O4S2. The van der Waals surface area contributed by atoms with E-state index < -0.39 is 16.7 Å². The Hall–Kier alpha value is -2.98. The third-order valence-corrected chi connectivity index (χ3v) is 4.54. The first-order valence-corrected chi connectivity index (χ1v) is 8.15. The first-order valence-electron chi connectivity index (χ1n) is 6.92. The number of carbonyl (C=O) groups excluding carboxylic acids is 2. The fourth-order valence-electron chi connectivity index (χ4n) is 2.07. The summed E-state index contributed by atoms with van der Waals surface area (Å²) in [5.74, 6) is -1.13. The van der Waals surface area contributed by atoms with Crippen LogP contribution in [0, 0.1) is 10.1 Å². The number of nitrogens with one attached hydrogen (secondary N) is 2. The van der Waals surface area contributed by atoms with E-state index in [0.29, 0.717) is 4.91 Å². The molecule has 2 N–H and O–H groups in total. The highest BCUT2D eigenvalue weighted by Gasteiger charge is 2.34. The Morgan fingerprint density at radius 1 is 1.36 bits per heavy atom. The second-order valence-electron chi connectivity index (χ2n) is 4.89. The maximum absolute atomic E-state index is 12.4. The summed E-state index contributed by atoms with van der Waals surface area (Å²) in [6, 6.07) is 8.78. The SMILES string of the molecule is O=C(NN1C(=O)/C(=C\c2ccc[nH]2)SC1=S)c1cccc([N+](=O)[O-])c1. The minimum Gasteiger partial charge on any atom is -0.362 e. The molecule has 1 saturated heterocycles. The molecule has 0 spiro atoms. The van der Waals surface area contributed by atoms with E-state index in [4.69, 9.17) is 12.2 Å². The lowest BCUT2D eigenvalue weighted by molar-refractivity contribution is -0.384. The van der Waals surface area contributed by atoms with Crippen LogP contribution in [0.1, 0.15) is 16.1 Å². The first kappa shape index (κ1) is 16.9. The quantitative estimate of drug-likeness (QED) is 0.368. The number of amides is 2. The molecule has 1 fully saturated rings. The van der Waals surface area contributed by atoms with E-state index in [1.54, 1.807) is 24.4 Å². The predicted octanol–water partition coefficient (Wildman–Crippen LogP) is 2.47. The zero-order chi connectivity index (χ0) is 18.0. The largest absolute Gasteiger partial charge is 0.362 e. The minimum atomic E-state index is -0.666. The number of thioether (sulfide) groups is 1. The molecule has 0 unspecified atom stereocenters. The maximum atomic E-state index is 12.4. The molecule has 0 saturated carbocycles. The normalized spacial score (nSPS) is 15.7. The molecule has 1 aliphatic rings. The van der Waals surface area contributed by atoms with Gasteiger partial charge < -0.3 is 4.98 Å². The van der Waals surface area contributed by atoms with Crippen LogP contribution in [-0.2, 0) is 4.79 Å². The van der Waals surface area contributed by atoms with E-state index in [9.17, 15) is 19.7 Å². The van der Waals surface area contributed by atoms with Crippen LogP contribution in [0.4, 0.5) is 5.69 Å². The average molecular weight is 374 g/mol. The van der Waals surface area contributed by atoms with Crippen molar-refractivity contribution in [3.8, 4) is 0 Å². The van der Waals surface area contributed by atoms with Crippen molar-refractivity contribution in [2.75, 3.05) is 0 Å². The minimum absolute atomic E-state index is 0.0524. The molecule has 2 aromatic rings. The second-order valence-corrected chi connectivity index (χ2v) is 6.57. The number of hydrogen-bond donors (Lipinski definition) is 2. The number of hydrazine groups is 1. The molecule has 1 aromatic carbocycles. The van der Waals surface area contributed by atoms with Gasteiger partial charge in [0.15, 0.2) is 4.32 Å². The molecule has 1 aromatic heterocycles. The van der Waals surface area contributed by atoms with Gasteiger partial charge in [0.2, 0.25) is 0 Å². The van der Waals surface area contributed by atoms with E-state index in [1.165, 1.54) is 18.2 Å². The van der Waals surface area contributed by atoms with Gasteiger partial charge in [-0.05, 0) is 36.5 Å².